The van der Waals surface area contributed by atoms with Crippen LogP contribution in [-0.2, 0) is 4.74 Å². The van der Waals surface area contributed by atoms with Crippen LogP contribution in [0.15, 0.2) is 41.4 Å². The molecule has 0 bridgehead atoms. The SMILES string of the molecule is Cc1cccc(NC(N)=NCC(c2ccc(C)s2)N2CCOCC2)c1. The van der Waals surface area contributed by atoms with E-state index >= 15 is 0 Å². The van der Waals surface area contributed by atoms with E-state index in [-0.39, 0.29) is 6.04 Å². The Bertz CT molecular complexity index is 722. The number of ether oxygens (including phenoxy) is 1. The molecule has 2 aromatic rings. The highest BCUT2D eigenvalue weighted by molar-refractivity contribution is 7.12. The highest BCUT2D eigenvalue weighted by Crippen LogP contribution is 2.28. The quantitative estimate of drug-likeness (QED) is 0.637. The van der Waals surface area contributed by atoms with E-state index in [9.17, 15) is 0 Å². The summed E-state index contributed by atoms with van der Waals surface area (Å²) in [5, 5.41) is 3.19. The Balaban J connectivity index is 1.70. The Labute approximate surface area is 153 Å². The van der Waals surface area contributed by atoms with Crippen molar-refractivity contribution in [2.45, 2.75) is 19.9 Å². The number of rotatable bonds is 5. The van der Waals surface area contributed by atoms with Gasteiger partial charge in [-0.25, -0.2) is 0 Å². The lowest BCUT2D eigenvalue weighted by Gasteiger charge is -2.33. The van der Waals surface area contributed by atoms with Crippen LogP contribution in [0.25, 0.3) is 0 Å². The first-order valence-corrected chi connectivity index (χ1v) is 9.45. The fourth-order valence-corrected chi connectivity index (χ4v) is 4.01. The lowest BCUT2D eigenvalue weighted by Crippen LogP contribution is -2.40. The molecule has 3 N–H and O–H groups in total. The van der Waals surface area contributed by atoms with E-state index in [0.717, 1.165) is 32.0 Å². The number of thiophene rings is 1. The van der Waals surface area contributed by atoms with E-state index in [2.05, 4.69) is 53.3 Å². The number of guanidine groups is 1. The van der Waals surface area contributed by atoms with Crippen LogP contribution in [-0.4, -0.2) is 43.7 Å². The van der Waals surface area contributed by atoms with Crippen LogP contribution in [0.2, 0.25) is 0 Å². The minimum absolute atomic E-state index is 0.250. The summed E-state index contributed by atoms with van der Waals surface area (Å²) in [5.41, 5.74) is 8.28. The van der Waals surface area contributed by atoms with Gasteiger partial charge in [-0.15, -0.1) is 11.3 Å². The second kappa shape index (κ2) is 8.47. The van der Waals surface area contributed by atoms with Crippen LogP contribution >= 0.6 is 11.3 Å². The molecule has 134 valence electrons. The van der Waals surface area contributed by atoms with Crippen molar-refractivity contribution in [3.05, 3.63) is 51.7 Å². The van der Waals surface area contributed by atoms with E-state index in [1.165, 1.54) is 15.3 Å². The molecule has 6 heteroatoms. The standard InChI is InChI=1S/C19H26N4OS/c1-14-4-3-5-16(12-14)22-19(20)21-13-17(18-7-6-15(2)25-18)23-8-10-24-11-9-23/h3-7,12,17H,8-11,13H2,1-2H3,(H3,20,21,22). The molecular weight excluding hydrogens is 332 g/mol. The Morgan fingerprint density at radius 2 is 2.08 bits per heavy atom. The van der Waals surface area contributed by atoms with Crippen LogP contribution in [0.3, 0.4) is 0 Å². The molecule has 25 heavy (non-hydrogen) atoms. The number of nitrogens with two attached hydrogens (primary N) is 1. The van der Waals surface area contributed by atoms with Gasteiger partial charge in [0.25, 0.3) is 0 Å². The predicted octanol–water partition coefficient (Wildman–Crippen LogP) is 3.17. The molecule has 1 aromatic carbocycles. The Morgan fingerprint density at radius 1 is 1.28 bits per heavy atom. The first-order valence-electron chi connectivity index (χ1n) is 8.63. The minimum Gasteiger partial charge on any atom is -0.379 e. The summed E-state index contributed by atoms with van der Waals surface area (Å²) in [5.74, 6) is 0.456. The molecule has 1 unspecified atom stereocenters. The van der Waals surface area contributed by atoms with Crippen LogP contribution < -0.4 is 11.1 Å². The van der Waals surface area contributed by atoms with E-state index in [0.29, 0.717) is 12.5 Å². The van der Waals surface area contributed by atoms with Crippen molar-refractivity contribution in [1.82, 2.24) is 4.90 Å². The molecule has 0 amide bonds. The Kier molecular flexibility index (Phi) is 6.07. The average Bonchev–Trinajstić information content (AvgIpc) is 3.02. The van der Waals surface area contributed by atoms with Gasteiger partial charge in [0.2, 0.25) is 0 Å². The maximum absolute atomic E-state index is 6.12. The van der Waals surface area contributed by atoms with Gasteiger partial charge < -0.3 is 15.8 Å². The summed E-state index contributed by atoms with van der Waals surface area (Å²) in [6.07, 6.45) is 0. The van der Waals surface area contributed by atoms with Crippen LogP contribution in [0.1, 0.15) is 21.4 Å². The second-order valence-corrected chi connectivity index (χ2v) is 7.65. The molecule has 0 aliphatic carbocycles. The number of benzene rings is 1. The van der Waals surface area contributed by atoms with Gasteiger partial charge in [0.1, 0.15) is 0 Å². The molecule has 1 aliphatic rings. The van der Waals surface area contributed by atoms with E-state index in [4.69, 9.17) is 10.5 Å². The largest absolute Gasteiger partial charge is 0.379 e. The van der Waals surface area contributed by atoms with Gasteiger partial charge in [-0.3, -0.25) is 9.89 Å². The van der Waals surface area contributed by atoms with Gasteiger partial charge in [0.15, 0.2) is 5.96 Å². The zero-order valence-corrected chi connectivity index (χ0v) is 15.7. The highest BCUT2D eigenvalue weighted by atomic mass is 32.1. The molecule has 2 heterocycles. The van der Waals surface area contributed by atoms with Gasteiger partial charge in [-0.1, -0.05) is 12.1 Å². The average molecular weight is 359 g/mol. The molecule has 1 saturated heterocycles. The van der Waals surface area contributed by atoms with E-state index in [1.807, 2.05) is 23.5 Å². The zero-order valence-electron chi connectivity index (χ0n) is 14.9. The zero-order chi connectivity index (χ0) is 17.6. The van der Waals surface area contributed by atoms with Crippen molar-refractivity contribution in [2.24, 2.45) is 10.7 Å². The maximum Gasteiger partial charge on any atom is 0.193 e. The van der Waals surface area contributed by atoms with E-state index < -0.39 is 0 Å². The normalized spacial score (nSPS) is 17.4. The molecular formula is C19H26N4OS. The summed E-state index contributed by atoms with van der Waals surface area (Å²) in [7, 11) is 0. The number of anilines is 1. The summed E-state index contributed by atoms with van der Waals surface area (Å²) < 4.78 is 5.50. The van der Waals surface area contributed by atoms with Crippen molar-refractivity contribution in [2.75, 3.05) is 38.2 Å². The summed E-state index contributed by atoms with van der Waals surface area (Å²) in [6.45, 7) is 8.27. The first kappa shape index (κ1) is 17.9. The number of nitrogens with zero attached hydrogens (tertiary/aromatic N) is 2. The van der Waals surface area contributed by atoms with Gasteiger partial charge in [-0.05, 0) is 43.7 Å². The van der Waals surface area contributed by atoms with E-state index in [1.54, 1.807) is 0 Å². The van der Waals surface area contributed by atoms with Crippen molar-refractivity contribution >= 4 is 23.0 Å². The predicted molar refractivity (Wildman–Crippen MR) is 105 cm³/mol. The van der Waals surface area contributed by atoms with Crippen molar-refractivity contribution in [3.63, 3.8) is 0 Å². The Hall–Kier alpha value is -1.89. The molecule has 0 saturated carbocycles. The topological polar surface area (TPSA) is 62.9 Å². The second-order valence-electron chi connectivity index (χ2n) is 6.33. The summed E-state index contributed by atoms with van der Waals surface area (Å²) >= 11 is 1.83. The number of nitrogens with one attached hydrogen (secondary N) is 1. The number of aryl methyl sites for hydroxylation is 2. The minimum atomic E-state index is 0.250. The molecule has 1 aliphatic heterocycles. The monoisotopic (exact) mass is 358 g/mol. The third-order valence-corrected chi connectivity index (χ3v) is 5.40. The maximum atomic E-state index is 6.12. The Morgan fingerprint density at radius 3 is 2.76 bits per heavy atom. The van der Waals surface area contributed by atoms with Gasteiger partial charge in [0, 0.05) is 28.5 Å². The van der Waals surface area contributed by atoms with Gasteiger partial charge >= 0.3 is 0 Å². The van der Waals surface area contributed by atoms with Crippen molar-refractivity contribution < 1.29 is 4.74 Å². The van der Waals surface area contributed by atoms with Crippen LogP contribution in [0, 0.1) is 13.8 Å². The summed E-state index contributed by atoms with van der Waals surface area (Å²) in [4.78, 5) is 9.72. The van der Waals surface area contributed by atoms with Crippen LogP contribution in [0.5, 0.6) is 0 Å². The molecule has 0 spiro atoms. The molecule has 0 radical (unpaired) electrons. The van der Waals surface area contributed by atoms with Gasteiger partial charge in [0.05, 0.1) is 25.8 Å². The molecule has 3 rings (SSSR count). The lowest BCUT2D eigenvalue weighted by molar-refractivity contribution is 0.0187. The molecule has 1 atom stereocenters. The number of morpholine rings is 1. The van der Waals surface area contributed by atoms with Crippen LogP contribution in [0.4, 0.5) is 5.69 Å². The number of hydrogen-bond donors (Lipinski definition) is 2. The smallest absolute Gasteiger partial charge is 0.193 e. The molecule has 5 nitrogen and oxygen atoms in total. The van der Waals surface area contributed by atoms with Gasteiger partial charge in [-0.2, -0.15) is 0 Å². The first-order chi connectivity index (χ1) is 12.1. The third-order valence-electron chi connectivity index (χ3n) is 4.30. The molecule has 1 aromatic heterocycles. The van der Waals surface area contributed by atoms with Crippen molar-refractivity contribution in [3.8, 4) is 0 Å². The molecule has 1 fully saturated rings. The fraction of sp³-hybridized carbons (Fsp3) is 0.421. The number of hydrogen-bond acceptors (Lipinski definition) is 4. The lowest BCUT2D eigenvalue weighted by atomic mass is 10.2. The number of aliphatic imine (C=N–C) groups is 1. The third kappa shape index (κ3) is 5.04. The fourth-order valence-electron chi connectivity index (χ4n) is 3.00. The highest BCUT2D eigenvalue weighted by Gasteiger charge is 2.23. The van der Waals surface area contributed by atoms with Crippen molar-refractivity contribution in [1.29, 1.82) is 0 Å². The summed E-state index contributed by atoms with van der Waals surface area (Å²) in [6, 6.07) is 12.8.